The van der Waals surface area contributed by atoms with Gasteiger partial charge in [-0.25, -0.2) is 13.1 Å². The van der Waals surface area contributed by atoms with Gasteiger partial charge in [-0.15, -0.1) is 0 Å². The molecule has 1 N–H and O–H groups in total. The predicted molar refractivity (Wildman–Crippen MR) is 94.6 cm³/mol. The van der Waals surface area contributed by atoms with Gasteiger partial charge in [0.05, 0.1) is 11.5 Å². The maximum atomic E-state index is 12.5. The van der Waals surface area contributed by atoms with Crippen LogP contribution in [0.4, 0.5) is 0 Å². The molecule has 3 rings (SSSR count). The van der Waals surface area contributed by atoms with E-state index in [2.05, 4.69) is 4.72 Å². The zero-order valence-corrected chi connectivity index (χ0v) is 15.4. The van der Waals surface area contributed by atoms with Gasteiger partial charge in [0.2, 0.25) is 15.9 Å². The van der Waals surface area contributed by atoms with E-state index in [9.17, 15) is 13.2 Å². The number of carbonyl (C=O) groups excluding carboxylic acids is 1. The summed E-state index contributed by atoms with van der Waals surface area (Å²) in [4.78, 5) is 14.7. The molecule has 6 nitrogen and oxygen atoms in total. The molecule has 1 aliphatic carbocycles. The Morgan fingerprint density at radius 3 is 2.56 bits per heavy atom. The van der Waals surface area contributed by atoms with E-state index in [4.69, 9.17) is 4.74 Å². The van der Waals surface area contributed by atoms with E-state index < -0.39 is 10.0 Å². The van der Waals surface area contributed by atoms with Crippen molar-refractivity contribution in [3.8, 4) is 0 Å². The summed E-state index contributed by atoms with van der Waals surface area (Å²) in [6.45, 7) is 4.25. The van der Waals surface area contributed by atoms with E-state index in [0.717, 1.165) is 44.6 Å². The Morgan fingerprint density at radius 1 is 1.24 bits per heavy atom. The van der Waals surface area contributed by atoms with Crippen molar-refractivity contribution in [3.05, 3.63) is 29.8 Å². The number of sulfonamides is 1. The van der Waals surface area contributed by atoms with Crippen LogP contribution in [0.25, 0.3) is 0 Å². The molecule has 0 spiro atoms. The number of nitrogens with one attached hydrogen (secondary N) is 1. The van der Waals surface area contributed by atoms with Gasteiger partial charge in [0.15, 0.2) is 0 Å². The third-order valence-electron chi connectivity index (χ3n) is 4.75. The van der Waals surface area contributed by atoms with E-state index in [1.807, 2.05) is 11.8 Å². The van der Waals surface area contributed by atoms with Crippen molar-refractivity contribution in [2.24, 2.45) is 5.92 Å². The lowest BCUT2D eigenvalue weighted by Crippen LogP contribution is -2.39. The van der Waals surface area contributed by atoms with Crippen LogP contribution in [-0.2, 0) is 19.6 Å². The molecule has 1 atom stereocenters. The molecule has 1 unspecified atom stereocenters. The molecule has 1 amide bonds. The van der Waals surface area contributed by atoms with Crippen LogP contribution in [0.1, 0.15) is 31.2 Å². The Labute approximate surface area is 149 Å². The number of nitrogens with zero attached hydrogens (tertiary/aromatic N) is 1. The maximum Gasteiger partial charge on any atom is 0.240 e. The first-order chi connectivity index (χ1) is 12.0. The Morgan fingerprint density at radius 2 is 1.96 bits per heavy atom. The molecule has 0 aromatic heterocycles. The zero-order valence-electron chi connectivity index (χ0n) is 14.6. The molecule has 1 saturated carbocycles. The molecule has 0 bridgehead atoms. The van der Waals surface area contributed by atoms with Crippen LogP contribution in [0.3, 0.4) is 0 Å². The molecule has 25 heavy (non-hydrogen) atoms. The van der Waals surface area contributed by atoms with Crippen molar-refractivity contribution in [1.82, 2.24) is 9.62 Å². The molecule has 2 aliphatic rings. The number of carbonyl (C=O) groups is 1. The van der Waals surface area contributed by atoms with Crippen molar-refractivity contribution < 1.29 is 17.9 Å². The number of amides is 1. The fourth-order valence-corrected chi connectivity index (χ4v) is 4.11. The number of rotatable bonds is 8. The first kappa shape index (κ1) is 18.4. The Hall–Kier alpha value is -1.44. The van der Waals surface area contributed by atoms with E-state index in [1.54, 1.807) is 24.3 Å². The Bertz CT molecular complexity index is 692. The second-order valence-corrected chi connectivity index (χ2v) is 8.73. The molecule has 1 aliphatic heterocycles. The Kier molecular flexibility index (Phi) is 5.76. The summed E-state index contributed by atoms with van der Waals surface area (Å²) in [7, 11) is -3.57. The van der Waals surface area contributed by atoms with Crippen molar-refractivity contribution in [1.29, 1.82) is 0 Å². The molecule has 1 heterocycles. The number of aryl methyl sites for hydroxylation is 1. The van der Waals surface area contributed by atoms with Gasteiger partial charge in [-0.3, -0.25) is 4.79 Å². The molecule has 1 aromatic carbocycles. The van der Waals surface area contributed by atoms with Gasteiger partial charge >= 0.3 is 0 Å². The van der Waals surface area contributed by atoms with Crippen LogP contribution in [0, 0.1) is 12.8 Å². The maximum absolute atomic E-state index is 12.5. The number of hydrogen-bond acceptors (Lipinski definition) is 4. The minimum absolute atomic E-state index is 0.0287. The van der Waals surface area contributed by atoms with Crippen molar-refractivity contribution >= 4 is 15.9 Å². The SMILES string of the molecule is Cc1ccc(S(=O)(=O)NCCC(=O)N(CC2CCOC2)C2CC2)cc1. The van der Waals surface area contributed by atoms with Gasteiger partial charge < -0.3 is 9.64 Å². The van der Waals surface area contributed by atoms with Crippen LogP contribution in [-0.4, -0.2) is 51.6 Å². The average molecular weight is 366 g/mol. The minimum Gasteiger partial charge on any atom is -0.381 e. The summed E-state index contributed by atoms with van der Waals surface area (Å²) >= 11 is 0. The fraction of sp³-hybridized carbons (Fsp3) is 0.611. The van der Waals surface area contributed by atoms with E-state index in [0.29, 0.717) is 12.0 Å². The summed E-state index contributed by atoms with van der Waals surface area (Å²) in [5, 5.41) is 0. The van der Waals surface area contributed by atoms with Crippen LogP contribution < -0.4 is 4.72 Å². The van der Waals surface area contributed by atoms with E-state index >= 15 is 0 Å². The van der Waals surface area contributed by atoms with Crippen molar-refractivity contribution in [2.45, 2.75) is 43.5 Å². The number of hydrogen-bond donors (Lipinski definition) is 1. The predicted octanol–water partition coefficient (Wildman–Crippen LogP) is 1.69. The first-order valence-electron chi connectivity index (χ1n) is 8.89. The third-order valence-corrected chi connectivity index (χ3v) is 6.23. The molecule has 1 saturated heterocycles. The highest BCUT2D eigenvalue weighted by molar-refractivity contribution is 7.89. The third kappa shape index (κ3) is 5.03. The lowest BCUT2D eigenvalue weighted by Gasteiger charge is -2.25. The van der Waals surface area contributed by atoms with Crippen LogP contribution >= 0.6 is 0 Å². The van der Waals surface area contributed by atoms with Crippen LogP contribution in [0.2, 0.25) is 0 Å². The highest BCUT2D eigenvalue weighted by atomic mass is 32.2. The molecule has 138 valence electrons. The smallest absolute Gasteiger partial charge is 0.240 e. The van der Waals surface area contributed by atoms with Crippen LogP contribution in [0.15, 0.2) is 29.2 Å². The highest BCUT2D eigenvalue weighted by Gasteiger charge is 2.34. The summed E-state index contributed by atoms with van der Waals surface area (Å²) in [5.74, 6) is 0.440. The first-order valence-corrected chi connectivity index (χ1v) is 10.4. The number of benzene rings is 1. The summed E-state index contributed by atoms with van der Waals surface area (Å²) in [5.41, 5.74) is 1.00. The van der Waals surface area contributed by atoms with E-state index in [1.165, 1.54) is 0 Å². The molecular weight excluding hydrogens is 340 g/mol. The lowest BCUT2D eigenvalue weighted by molar-refractivity contribution is -0.132. The largest absolute Gasteiger partial charge is 0.381 e. The Balaban J connectivity index is 1.51. The van der Waals surface area contributed by atoms with Gasteiger partial charge in [-0.1, -0.05) is 17.7 Å². The lowest BCUT2D eigenvalue weighted by atomic mass is 10.1. The minimum atomic E-state index is -3.57. The summed E-state index contributed by atoms with van der Waals surface area (Å²) < 4.78 is 32.5. The van der Waals surface area contributed by atoms with E-state index in [-0.39, 0.29) is 23.8 Å². The molecule has 1 aromatic rings. The fourth-order valence-electron chi connectivity index (χ4n) is 3.08. The zero-order chi connectivity index (χ0) is 17.9. The second kappa shape index (κ2) is 7.85. The summed E-state index contributed by atoms with van der Waals surface area (Å²) in [6, 6.07) is 7.02. The van der Waals surface area contributed by atoms with Gasteiger partial charge in [0.25, 0.3) is 0 Å². The number of ether oxygens (including phenoxy) is 1. The second-order valence-electron chi connectivity index (χ2n) is 6.97. The summed E-state index contributed by atoms with van der Waals surface area (Å²) in [6.07, 6.45) is 3.29. The topological polar surface area (TPSA) is 75.7 Å². The highest BCUT2D eigenvalue weighted by Crippen LogP contribution is 2.29. The monoisotopic (exact) mass is 366 g/mol. The van der Waals surface area contributed by atoms with Crippen LogP contribution in [0.5, 0.6) is 0 Å². The van der Waals surface area contributed by atoms with Crippen molar-refractivity contribution in [2.75, 3.05) is 26.3 Å². The van der Waals surface area contributed by atoms with Gasteiger partial charge in [-0.2, -0.15) is 0 Å². The average Bonchev–Trinajstić information content (AvgIpc) is 3.28. The molecular formula is C18H26N2O4S. The quantitative estimate of drug-likeness (QED) is 0.760. The molecule has 2 fully saturated rings. The molecule has 0 radical (unpaired) electrons. The van der Waals surface area contributed by atoms with Crippen molar-refractivity contribution in [3.63, 3.8) is 0 Å². The van der Waals surface area contributed by atoms with Gasteiger partial charge in [0.1, 0.15) is 0 Å². The molecule has 7 heteroatoms. The standard InChI is InChI=1S/C18H26N2O4S/c1-14-2-6-17(7-3-14)25(22,23)19-10-8-18(21)20(16-4-5-16)12-15-9-11-24-13-15/h2-3,6-7,15-16,19H,4-5,8-13H2,1H3. The van der Waals surface area contributed by atoms with Gasteiger partial charge in [-0.05, 0) is 38.3 Å². The normalized spacial score (nSPS) is 20.6. The van der Waals surface area contributed by atoms with Gasteiger partial charge in [0, 0.05) is 38.1 Å².